The lowest BCUT2D eigenvalue weighted by atomic mass is 10.2. The molecule has 0 aliphatic rings. The van der Waals surface area contributed by atoms with Gasteiger partial charge in [-0.15, -0.1) is 0 Å². The number of oxime groups is 1. The van der Waals surface area contributed by atoms with E-state index in [0.717, 1.165) is 11.1 Å². The predicted octanol–water partition coefficient (Wildman–Crippen LogP) is 2.14. The van der Waals surface area contributed by atoms with Crippen molar-refractivity contribution in [3.05, 3.63) is 42.2 Å². The van der Waals surface area contributed by atoms with Gasteiger partial charge < -0.3 is 9.61 Å². The Labute approximate surface area is 75.9 Å². The Balaban J connectivity index is 2.62. The van der Waals surface area contributed by atoms with Crippen LogP contribution in [0.1, 0.15) is 12.5 Å². The zero-order valence-corrected chi connectivity index (χ0v) is 7.31. The van der Waals surface area contributed by atoms with E-state index < -0.39 is 0 Å². The van der Waals surface area contributed by atoms with Crippen LogP contribution in [0.4, 0.5) is 0 Å². The average Bonchev–Trinajstić information content (AvgIpc) is 2.59. The number of fused-ring (bicyclic) bond motifs is 1. The van der Waals surface area contributed by atoms with E-state index in [1.807, 2.05) is 41.1 Å². The molecule has 3 heteroatoms. The van der Waals surface area contributed by atoms with Gasteiger partial charge in [0.25, 0.3) is 0 Å². The Morgan fingerprint density at radius 2 is 2.31 bits per heavy atom. The summed E-state index contributed by atoms with van der Waals surface area (Å²) in [6.07, 6.45) is 3.90. The molecule has 2 rings (SSSR count). The standard InChI is InChI=1S/C10H10N2O/c1-8(11-13)9-6-10-4-2-3-5-12(10)7-9/h2-7,13H,1H3/b11-8+. The van der Waals surface area contributed by atoms with Gasteiger partial charge in [-0.1, -0.05) is 11.2 Å². The highest BCUT2D eigenvalue weighted by atomic mass is 16.4. The molecule has 66 valence electrons. The van der Waals surface area contributed by atoms with Crippen LogP contribution in [-0.4, -0.2) is 15.3 Å². The minimum absolute atomic E-state index is 0.628. The molecule has 0 aliphatic heterocycles. The molecule has 0 radical (unpaired) electrons. The SMILES string of the molecule is C/C(=N\O)c1cc2ccccn2c1. The van der Waals surface area contributed by atoms with Gasteiger partial charge in [0, 0.05) is 23.5 Å². The van der Waals surface area contributed by atoms with E-state index in [4.69, 9.17) is 5.21 Å². The third kappa shape index (κ3) is 1.28. The fourth-order valence-corrected chi connectivity index (χ4v) is 1.31. The summed E-state index contributed by atoms with van der Waals surface area (Å²) in [6, 6.07) is 7.93. The molecule has 0 saturated carbocycles. The van der Waals surface area contributed by atoms with Crippen LogP contribution in [0.5, 0.6) is 0 Å². The molecule has 0 aromatic carbocycles. The molecular weight excluding hydrogens is 164 g/mol. The van der Waals surface area contributed by atoms with Crippen LogP contribution in [0.3, 0.4) is 0 Å². The van der Waals surface area contributed by atoms with Crippen LogP contribution in [-0.2, 0) is 0 Å². The third-order valence-corrected chi connectivity index (χ3v) is 2.07. The van der Waals surface area contributed by atoms with Gasteiger partial charge in [-0.05, 0) is 25.1 Å². The van der Waals surface area contributed by atoms with Crippen molar-refractivity contribution in [3.8, 4) is 0 Å². The van der Waals surface area contributed by atoms with E-state index in [-0.39, 0.29) is 0 Å². The van der Waals surface area contributed by atoms with Gasteiger partial charge in [-0.3, -0.25) is 0 Å². The molecule has 0 aliphatic carbocycles. The first-order chi connectivity index (χ1) is 6.31. The molecule has 0 saturated heterocycles. The van der Waals surface area contributed by atoms with E-state index in [1.54, 1.807) is 6.92 Å². The smallest absolute Gasteiger partial charge is 0.0852 e. The van der Waals surface area contributed by atoms with E-state index in [0.29, 0.717) is 5.71 Å². The lowest BCUT2D eigenvalue weighted by Gasteiger charge is -1.89. The summed E-state index contributed by atoms with van der Waals surface area (Å²) in [4.78, 5) is 0. The Bertz CT molecular complexity index is 424. The van der Waals surface area contributed by atoms with Crippen LogP contribution in [0.25, 0.3) is 5.52 Å². The number of rotatable bonds is 1. The summed E-state index contributed by atoms with van der Waals surface area (Å²) in [6.45, 7) is 1.77. The molecular formula is C10H10N2O. The van der Waals surface area contributed by atoms with Crippen molar-refractivity contribution in [2.75, 3.05) is 0 Å². The number of aromatic nitrogens is 1. The summed E-state index contributed by atoms with van der Waals surface area (Å²) >= 11 is 0. The molecule has 2 aromatic heterocycles. The van der Waals surface area contributed by atoms with Gasteiger partial charge in [0.2, 0.25) is 0 Å². The lowest BCUT2D eigenvalue weighted by Crippen LogP contribution is -1.90. The fraction of sp³-hybridized carbons (Fsp3) is 0.100. The third-order valence-electron chi connectivity index (χ3n) is 2.07. The van der Waals surface area contributed by atoms with Gasteiger partial charge in [0.1, 0.15) is 0 Å². The summed E-state index contributed by atoms with van der Waals surface area (Å²) < 4.78 is 1.99. The number of hydrogen-bond acceptors (Lipinski definition) is 2. The number of nitrogens with zero attached hydrogens (tertiary/aromatic N) is 2. The van der Waals surface area contributed by atoms with Crippen molar-refractivity contribution >= 4 is 11.2 Å². The van der Waals surface area contributed by atoms with Crippen LogP contribution in [0.2, 0.25) is 0 Å². The first-order valence-corrected chi connectivity index (χ1v) is 4.07. The lowest BCUT2D eigenvalue weighted by molar-refractivity contribution is 0.319. The first kappa shape index (κ1) is 7.86. The van der Waals surface area contributed by atoms with Crippen molar-refractivity contribution in [1.29, 1.82) is 0 Å². The van der Waals surface area contributed by atoms with Crippen LogP contribution in [0.15, 0.2) is 41.8 Å². The molecule has 0 unspecified atom stereocenters. The molecule has 0 spiro atoms. The maximum absolute atomic E-state index is 8.59. The van der Waals surface area contributed by atoms with E-state index >= 15 is 0 Å². The van der Waals surface area contributed by atoms with Crippen molar-refractivity contribution in [2.45, 2.75) is 6.92 Å². The quantitative estimate of drug-likeness (QED) is 0.401. The molecule has 0 bridgehead atoms. The summed E-state index contributed by atoms with van der Waals surface area (Å²) in [7, 11) is 0. The molecule has 0 atom stereocenters. The molecule has 3 nitrogen and oxygen atoms in total. The van der Waals surface area contributed by atoms with E-state index in [9.17, 15) is 0 Å². The maximum Gasteiger partial charge on any atom is 0.0852 e. The molecule has 13 heavy (non-hydrogen) atoms. The summed E-state index contributed by atoms with van der Waals surface area (Å²) in [5.41, 5.74) is 2.66. The Morgan fingerprint density at radius 1 is 1.46 bits per heavy atom. The molecule has 0 amide bonds. The van der Waals surface area contributed by atoms with Crippen molar-refractivity contribution < 1.29 is 5.21 Å². The van der Waals surface area contributed by atoms with Crippen LogP contribution < -0.4 is 0 Å². The minimum atomic E-state index is 0.628. The fourth-order valence-electron chi connectivity index (χ4n) is 1.31. The second kappa shape index (κ2) is 2.94. The van der Waals surface area contributed by atoms with Gasteiger partial charge >= 0.3 is 0 Å². The summed E-state index contributed by atoms with van der Waals surface area (Å²) in [5.74, 6) is 0. The van der Waals surface area contributed by atoms with Crippen molar-refractivity contribution in [3.63, 3.8) is 0 Å². The zero-order chi connectivity index (χ0) is 9.26. The second-order valence-electron chi connectivity index (χ2n) is 2.95. The topological polar surface area (TPSA) is 37.0 Å². The van der Waals surface area contributed by atoms with Gasteiger partial charge in [-0.25, -0.2) is 0 Å². The number of hydrogen-bond donors (Lipinski definition) is 1. The maximum atomic E-state index is 8.59. The van der Waals surface area contributed by atoms with Crippen molar-refractivity contribution in [1.82, 2.24) is 4.40 Å². The first-order valence-electron chi connectivity index (χ1n) is 4.07. The van der Waals surface area contributed by atoms with E-state index in [2.05, 4.69) is 5.16 Å². The predicted molar refractivity (Wildman–Crippen MR) is 51.4 cm³/mol. The summed E-state index contributed by atoms with van der Waals surface area (Å²) in [5, 5.41) is 11.7. The zero-order valence-electron chi connectivity index (χ0n) is 7.31. The number of pyridine rings is 1. The average molecular weight is 174 g/mol. The van der Waals surface area contributed by atoms with E-state index in [1.165, 1.54) is 0 Å². The van der Waals surface area contributed by atoms with Gasteiger partial charge in [0.15, 0.2) is 0 Å². The molecule has 2 heterocycles. The van der Waals surface area contributed by atoms with Crippen molar-refractivity contribution in [2.24, 2.45) is 5.16 Å². The molecule has 1 N–H and O–H groups in total. The van der Waals surface area contributed by atoms with Gasteiger partial charge in [0.05, 0.1) is 5.71 Å². The highest BCUT2D eigenvalue weighted by Gasteiger charge is 2.01. The minimum Gasteiger partial charge on any atom is -0.411 e. The second-order valence-corrected chi connectivity index (χ2v) is 2.95. The Hall–Kier alpha value is -1.77. The normalized spacial score (nSPS) is 12.2. The van der Waals surface area contributed by atoms with Crippen LogP contribution in [0, 0.1) is 0 Å². The highest BCUT2D eigenvalue weighted by Crippen LogP contribution is 2.10. The highest BCUT2D eigenvalue weighted by molar-refractivity contribution is 5.99. The monoisotopic (exact) mass is 174 g/mol. The molecule has 2 aromatic rings. The van der Waals surface area contributed by atoms with Gasteiger partial charge in [-0.2, -0.15) is 0 Å². The Kier molecular flexibility index (Phi) is 1.77. The van der Waals surface area contributed by atoms with Crippen LogP contribution >= 0.6 is 0 Å². The molecule has 0 fully saturated rings. The Morgan fingerprint density at radius 3 is 3.00 bits per heavy atom. The largest absolute Gasteiger partial charge is 0.411 e.